The molecule has 0 bridgehead atoms. The summed E-state index contributed by atoms with van der Waals surface area (Å²) in [6.07, 6.45) is 0. The van der Waals surface area contributed by atoms with Gasteiger partial charge in [-0.25, -0.2) is 4.79 Å². The third-order valence-corrected chi connectivity index (χ3v) is 4.32. The average Bonchev–Trinajstić information content (AvgIpc) is 2.36. The summed E-state index contributed by atoms with van der Waals surface area (Å²) in [4.78, 5) is 15.1. The predicted molar refractivity (Wildman–Crippen MR) is 43.3 cm³/mol. The topological polar surface area (TPSA) is 52.3 Å². The van der Waals surface area contributed by atoms with Crippen LogP contribution in [0.3, 0.4) is 0 Å². The van der Waals surface area contributed by atoms with E-state index in [1.807, 2.05) is 6.92 Å². The Morgan fingerprint density at radius 2 is 2.10 bits per heavy atom. The number of rotatable bonds is 1. The van der Waals surface area contributed by atoms with E-state index in [1.165, 1.54) is 0 Å². The normalized spacial score (nSPS) is 22.6. The molecular formula is C5H9NO2S2. The van der Waals surface area contributed by atoms with Crippen molar-refractivity contribution in [1.29, 1.82) is 0 Å². The largest absolute Gasteiger partial charge is 0.373 e. The van der Waals surface area contributed by atoms with E-state index in [9.17, 15) is 4.79 Å². The minimum absolute atomic E-state index is 0.301. The lowest BCUT2D eigenvalue weighted by Crippen LogP contribution is -2.33. The van der Waals surface area contributed by atoms with Crippen molar-refractivity contribution in [2.24, 2.45) is 11.3 Å². The molecule has 0 aromatic heterocycles. The van der Waals surface area contributed by atoms with Crippen molar-refractivity contribution >= 4 is 27.6 Å². The standard InChI is InChI=1S/C5H9NO2S2/c1-5(4(7)8-6)2-9-10-3-5/h2-3,6H2,1H3. The van der Waals surface area contributed by atoms with Gasteiger partial charge in [-0.05, 0) is 6.92 Å². The molecule has 0 aromatic carbocycles. The average molecular weight is 179 g/mol. The maximum absolute atomic E-state index is 11.0. The van der Waals surface area contributed by atoms with Crippen LogP contribution in [0.25, 0.3) is 0 Å². The fraction of sp³-hybridized carbons (Fsp3) is 0.800. The fourth-order valence-corrected chi connectivity index (χ4v) is 3.96. The molecule has 2 N–H and O–H groups in total. The van der Waals surface area contributed by atoms with Crippen LogP contribution in [0, 0.1) is 5.41 Å². The molecule has 1 heterocycles. The maximum Gasteiger partial charge on any atom is 0.331 e. The molecule has 1 fully saturated rings. The molecule has 0 atom stereocenters. The van der Waals surface area contributed by atoms with Crippen molar-refractivity contribution in [2.75, 3.05) is 11.5 Å². The molecule has 1 aliphatic rings. The van der Waals surface area contributed by atoms with E-state index >= 15 is 0 Å². The number of carbonyl (C=O) groups is 1. The summed E-state index contributed by atoms with van der Waals surface area (Å²) in [7, 11) is 3.37. The third kappa shape index (κ3) is 1.41. The number of nitrogens with two attached hydrogens (primary N) is 1. The van der Waals surface area contributed by atoms with Gasteiger partial charge in [-0.15, -0.1) is 0 Å². The molecule has 0 radical (unpaired) electrons. The van der Waals surface area contributed by atoms with E-state index in [2.05, 4.69) is 4.84 Å². The van der Waals surface area contributed by atoms with Crippen LogP contribution >= 0.6 is 21.6 Å². The molecule has 1 rings (SSSR count). The van der Waals surface area contributed by atoms with E-state index in [-0.39, 0.29) is 11.4 Å². The highest BCUT2D eigenvalue weighted by Gasteiger charge is 2.39. The minimum Gasteiger partial charge on any atom is -0.373 e. The van der Waals surface area contributed by atoms with Crippen molar-refractivity contribution in [3.05, 3.63) is 0 Å². The van der Waals surface area contributed by atoms with E-state index in [0.29, 0.717) is 0 Å². The highest BCUT2D eigenvalue weighted by Crippen LogP contribution is 2.43. The zero-order valence-electron chi connectivity index (χ0n) is 5.62. The lowest BCUT2D eigenvalue weighted by atomic mass is 9.97. The Morgan fingerprint density at radius 1 is 1.60 bits per heavy atom. The molecular weight excluding hydrogens is 170 g/mol. The van der Waals surface area contributed by atoms with Crippen molar-refractivity contribution in [1.82, 2.24) is 0 Å². The van der Waals surface area contributed by atoms with Gasteiger partial charge in [0, 0.05) is 11.5 Å². The summed E-state index contributed by atoms with van der Waals surface area (Å²) in [6.45, 7) is 1.87. The summed E-state index contributed by atoms with van der Waals surface area (Å²) < 4.78 is 0. The van der Waals surface area contributed by atoms with Crippen LogP contribution < -0.4 is 5.90 Å². The Hall–Kier alpha value is 0.130. The van der Waals surface area contributed by atoms with Gasteiger partial charge < -0.3 is 4.84 Å². The molecule has 10 heavy (non-hydrogen) atoms. The molecule has 0 spiro atoms. The second kappa shape index (κ2) is 3.02. The number of hydrogen-bond donors (Lipinski definition) is 1. The van der Waals surface area contributed by atoms with Crippen LogP contribution in [-0.2, 0) is 9.63 Å². The fourth-order valence-electron chi connectivity index (χ4n) is 0.645. The van der Waals surface area contributed by atoms with E-state index in [1.54, 1.807) is 21.6 Å². The molecule has 0 unspecified atom stereocenters. The third-order valence-electron chi connectivity index (χ3n) is 1.44. The van der Waals surface area contributed by atoms with Gasteiger partial charge in [0.15, 0.2) is 0 Å². The van der Waals surface area contributed by atoms with Crippen molar-refractivity contribution < 1.29 is 9.63 Å². The maximum atomic E-state index is 11.0. The zero-order valence-corrected chi connectivity index (χ0v) is 7.26. The van der Waals surface area contributed by atoms with Crippen LogP contribution in [0.2, 0.25) is 0 Å². The van der Waals surface area contributed by atoms with Crippen molar-refractivity contribution in [2.45, 2.75) is 6.92 Å². The van der Waals surface area contributed by atoms with Gasteiger partial charge >= 0.3 is 5.97 Å². The van der Waals surface area contributed by atoms with Crippen LogP contribution in [0.1, 0.15) is 6.92 Å². The lowest BCUT2D eigenvalue weighted by Gasteiger charge is -2.16. The van der Waals surface area contributed by atoms with Crippen molar-refractivity contribution in [3.8, 4) is 0 Å². The Labute approximate surface area is 67.4 Å². The van der Waals surface area contributed by atoms with Gasteiger partial charge in [0.05, 0.1) is 5.41 Å². The van der Waals surface area contributed by atoms with Crippen LogP contribution in [0.5, 0.6) is 0 Å². The first-order valence-corrected chi connectivity index (χ1v) is 5.33. The molecule has 0 amide bonds. The van der Waals surface area contributed by atoms with Gasteiger partial charge in [0.1, 0.15) is 0 Å². The molecule has 1 aliphatic heterocycles. The Bertz CT molecular complexity index is 145. The van der Waals surface area contributed by atoms with Crippen LogP contribution in [0.4, 0.5) is 0 Å². The summed E-state index contributed by atoms with van der Waals surface area (Å²) in [5, 5.41) is 0. The first-order valence-electron chi connectivity index (χ1n) is 2.85. The van der Waals surface area contributed by atoms with Gasteiger partial charge in [-0.3, -0.25) is 0 Å². The van der Waals surface area contributed by atoms with E-state index < -0.39 is 0 Å². The summed E-state index contributed by atoms with van der Waals surface area (Å²) in [5.41, 5.74) is -0.357. The second-order valence-electron chi connectivity index (χ2n) is 2.49. The van der Waals surface area contributed by atoms with Crippen LogP contribution in [-0.4, -0.2) is 17.5 Å². The monoisotopic (exact) mass is 179 g/mol. The Balaban J connectivity index is 2.58. The minimum atomic E-state index is -0.357. The molecule has 3 nitrogen and oxygen atoms in total. The van der Waals surface area contributed by atoms with Gasteiger partial charge in [-0.2, -0.15) is 5.90 Å². The van der Waals surface area contributed by atoms with Gasteiger partial charge in [-0.1, -0.05) is 21.6 Å². The summed E-state index contributed by atoms with van der Waals surface area (Å²) >= 11 is 0. The number of hydrogen-bond acceptors (Lipinski definition) is 5. The Kier molecular flexibility index (Phi) is 2.49. The highest BCUT2D eigenvalue weighted by atomic mass is 33.1. The molecule has 0 aromatic rings. The SMILES string of the molecule is CC1(C(=O)ON)CSSC1. The summed E-state index contributed by atoms with van der Waals surface area (Å²) in [5.74, 6) is 6.07. The summed E-state index contributed by atoms with van der Waals surface area (Å²) in [6, 6.07) is 0. The van der Waals surface area contributed by atoms with Crippen molar-refractivity contribution in [3.63, 3.8) is 0 Å². The van der Waals surface area contributed by atoms with E-state index in [4.69, 9.17) is 5.90 Å². The van der Waals surface area contributed by atoms with E-state index in [0.717, 1.165) is 11.5 Å². The quantitative estimate of drug-likeness (QED) is 0.477. The van der Waals surface area contributed by atoms with Gasteiger partial charge in [0.25, 0.3) is 0 Å². The highest BCUT2D eigenvalue weighted by molar-refractivity contribution is 8.77. The molecule has 0 aliphatic carbocycles. The molecule has 58 valence electrons. The lowest BCUT2D eigenvalue weighted by molar-refractivity contribution is -0.152. The molecule has 0 saturated carbocycles. The number of carbonyl (C=O) groups excluding carboxylic acids is 1. The first kappa shape index (κ1) is 8.23. The second-order valence-corrected chi connectivity index (χ2v) is 4.95. The smallest absolute Gasteiger partial charge is 0.331 e. The Morgan fingerprint density at radius 3 is 2.50 bits per heavy atom. The van der Waals surface area contributed by atoms with Crippen LogP contribution in [0.15, 0.2) is 0 Å². The first-order chi connectivity index (χ1) is 4.69. The van der Waals surface area contributed by atoms with Gasteiger partial charge in [0.2, 0.25) is 0 Å². The zero-order chi connectivity index (χ0) is 7.61. The molecule has 5 heteroatoms. The molecule has 1 saturated heterocycles. The predicted octanol–water partition coefficient (Wildman–Crippen LogP) is 0.805.